The Labute approximate surface area is 94.9 Å². The number of hydrogen-bond donors (Lipinski definition) is 2. The highest BCUT2D eigenvalue weighted by molar-refractivity contribution is 5.87. The van der Waals surface area contributed by atoms with Crippen LogP contribution in [0.5, 0.6) is 0 Å². The van der Waals surface area contributed by atoms with Crippen LogP contribution in [0.15, 0.2) is 0 Å². The van der Waals surface area contributed by atoms with Crippen LogP contribution in [0.1, 0.15) is 12.8 Å². The zero-order valence-electron chi connectivity index (χ0n) is 9.57. The first-order valence-corrected chi connectivity index (χ1v) is 5.33. The Kier molecular flexibility index (Phi) is 4.26. The van der Waals surface area contributed by atoms with Crippen LogP contribution in [-0.4, -0.2) is 50.1 Å². The van der Waals surface area contributed by atoms with Crippen LogP contribution in [0.3, 0.4) is 0 Å². The standard InChI is InChI=1S/C10H19N3O3/c1-13(6-8(12)14)9(15)10(7-11)2-4-16-5-3-10/h2-7,11H2,1H3,(H2,12,14). The summed E-state index contributed by atoms with van der Waals surface area (Å²) >= 11 is 0. The molecule has 6 heteroatoms. The minimum absolute atomic E-state index is 0.0680. The van der Waals surface area contributed by atoms with Crippen molar-refractivity contribution < 1.29 is 14.3 Å². The summed E-state index contributed by atoms with van der Waals surface area (Å²) in [6, 6.07) is 0. The molecular formula is C10H19N3O3. The van der Waals surface area contributed by atoms with E-state index in [1.165, 1.54) is 4.90 Å². The molecule has 6 nitrogen and oxygen atoms in total. The van der Waals surface area contributed by atoms with E-state index >= 15 is 0 Å². The third-order valence-electron chi connectivity index (χ3n) is 3.03. The first kappa shape index (κ1) is 12.9. The first-order valence-electron chi connectivity index (χ1n) is 5.33. The van der Waals surface area contributed by atoms with Crippen molar-refractivity contribution in [3.8, 4) is 0 Å². The fourth-order valence-corrected chi connectivity index (χ4v) is 1.98. The maximum Gasteiger partial charge on any atom is 0.237 e. The Balaban J connectivity index is 2.71. The molecule has 92 valence electrons. The lowest BCUT2D eigenvalue weighted by Gasteiger charge is -2.37. The predicted octanol–water partition coefficient (Wildman–Crippen LogP) is -1.31. The van der Waals surface area contributed by atoms with E-state index in [1.807, 2.05) is 0 Å². The third kappa shape index (κ3) is 2.70. The van der Waals surface area contributed by atoms with Crippen molar-refractivity contribution in [2.75, 3.05) is 33.4 Å². The van der Waals surface area contributed by atoms with E-state index in [-0.39, 0.29) is 19.0 Å². The van der Waals surface area contributed by atoms with Gasteiger partial charge in [-0.15, -0.1) is 0 Å². The molecular weight excluding hydrogens is 210 g/mol. The molecule has 1 saturated heterocycles. The van der Waals surface area contributed by atoms with E-state index in [2.05, 4.69) is 0 Å². The lowest BCUT2D eigenvalue weighted by molar-refractivity contribution is -0.147. The summed E-state index contributed by atoms with van der Waals surface area (Å²) in [4.78, 5) is 24.3. The molecule has 4 N–H and O–H groups in total. The fourth-order valence-electron chi connectivity index (χ4n) is 1.98. The maximum atomic E-state index is 12.2. The van der Waals surface area contributed by atoms with Gasteiger partial charge in [-0.2, -0.15) is 0 Å². The van der Waals surface area contributed by atoms with E-state index in [9.17, 15) is 9.59 Å². The summed E-state index contributed by atoms with van der Waals surface area (Å²) in [7, 11) is 1.57. The summed E-state index contributed by atoms with van der Waals surface area (Å²) in [6.07, 6.45) is 1.21. The molecule has 1 aliphatic rings. The van der Waals surface area contributed by atoms with Crippen LogP contribution in [0.25, 0.3) is 0 Å². The van der Waals surface area contributed by atoms with Crippen molar-refractivity contribution in [1.29, 1.82) is 0 Å². The van der Waals surface area contributed by atoms with Gasteiger partial charge in [0, 0.05) is 26.8 Å². The van der Waals surface area contributed by atoms with Gasteiger partial charge in [-0.3, -0.25) is 9.59 Å². The molecule has 1 aliphatic heterocycles. The topological polar surface area (TPSA) is 98.7 Å². The number of nitrogens with two attached hydrogens (primary N) is 2. The Hall–Kier alpha value is -1.14. The molecule has 1 fully saturated rings. The molecule has 1 heterocycles. The lowest BCUT2D eigenvalue weighted by Crippen LogP contribution is -2.51. The second-order valence-corrected chi connectivity index (χ2v) is 4.22. The molecule has 0 saturated carbocycles. The van der Waals surface area contributed by atoms with Crippen molar-refractivity contribution in [3.05, 3.63) is 0 Å². The highest BCUT2D eigenvalue weighted by atomic mass is 16.5. The molecule has 0 aromatic rings. The summed E-state index contributed by atoms with van der Waals surface area (Å²) in [5.41, 5.74) is 10.2. The highest BCUT2D eigenvalue weighted by Gasteiger charge is 2.40. The first-order chi connectivity index (χ1) is 7.52. The molecule has 1 rings (SSSR count). The monoisotopic (exact) mass is 229 g/mol. The molecule has 2 amide bonds. The van der Waals surface area contributed by atoms with Gasteiger partial charge in [0.2, 0.25) is 11.8 Å². The van der Waals surface area contributed by atoms with Gasteiger partial charge in [0.15, 0.2) is 0 Å². The number of hydrogen-bond acceptors (Lipinski definition) is 4. The average molecular weight is 229 g/mol. The molecule has 0 aliphatic carbocycles. The van der Waals surface area contributed by atoms with E-state index in [0.29, 0.717) is 26.1 Å². The Bertz CT molecular complexity index is 274. The second-order valence-electron chi connectivity index (χ2n) is 4.22. The molecule has 0 radical (unpaired) electrons. The van der Waals surface area contributed by atoms with Crippen molar-refractivity contribution in [2.45, 2.75) is 12.8 Å². The number of likely N-dealkylation sites (N-methyl/N-ethyl adjacent to an activating group) is 1. The molecule has 16 heavy (non-hydrogen) atoms. The molecule has 0 spiro atoms. The van der Waals surface area contributed by atoms with Gasteiger partial charge in [0.25, 0.3) is 0 Å². The molecule has 0 aromatic carbocycles. The lowest BCUT2D eigenvalue weighted by atomic mass is 9.79. The van der Waals surface area contributed by atoms with E-state index in [0.717, 1.165) is 0 Å². The number of carbonyl (C=O) groups excluding carboxylic acids is 2. The average Bonchev–Trinajstić information content (AvgIpc) is 2.28. The third-order valence-corrected chi connectivity index (χ3v) is 3.03. The molecule has 0 unspecified atom stereocenters. The Morgan fingerprint density at radius 2 is 1.94 bits per heavy atom. The SMILES string of the molecule is CN(CC(N)=O)C(=O)C1(CN)CCOCC1. The van der Waals surface area contributed by atoms with Crippen LogP contribution in [-0.2, 0) is 14.3 Å². The molecule has 0 bridgehead atoms. The Morgan fingerprint density at radius 3 is 2.38 bits per heavy atom. The fraction of sp³-hybridized carbons (Fsp3) is 0.800. The number of rotatable bonds is 4. The van der Waals surface area contributed by atoms with Crippen molar-refractivity contribution >= 4 is 11.8 Å². The normalized spacial score (nSPS) is 19.1. The Morgan fingerprint density at radius 1 is 1.38 bits per heavy atom. The number of amides is 2. The summed E-state index contributed by atoms with van der Waals surface area (Å²) in [6.45, 7) is 1.28. The van der Waals surface area contributed by atoms with Crippen LogP contribution in [0.2, 0.25) is 0 Å². The van der Waals surface area contributed by atoms with Gasteiger partial charge in [-0.1, -0.05) is 0 Å². The number of ether oxygens (including phenoxy) is 1. The van der Waals surface area contributed by atoms with Crippen LogP contribution >= 0.6 is 0 Å². The van der Waals surface area contributed by atoms with Crippen molar-refractivity contribution in [1.82, 2.24) is 4.90 Å². The molecule has 0 atom stereocenters. The largest absolute Gasteiger partial charge is 0.381 e. The number of nitrogens with zero attached hydrogens (tertiary/aromatic N) is 1. The number of primary amides is 1. The summed E-state index contributed by atoms with van der Waals surface area (Å²) in [5, 5.41) is 0. The zero-order chi connectivity index (χ0) is 12.2. The van der Waals surface area contributed by atoms with Crippen LogP contribution in [0.4, 0.5) is 0 Å². The van der Waals surface area contributed by atoms with Crippen LogP contribution < -0.4 is 11.5 Å². The smallest absolute Gasteiger partial charge is 0.237 e. The van der Waals surface area contributed by atoms with Crippen molar-refractivity contribution in [3.63, 3.8) is 0 Å². The second kappa shape index (κ2) is 5.27. The van der Waals surface area contributed by atoms with Gasteiger partial charge in [-0.05, 0) is 12.8 Å². The van der Waals surface area contributed by atoms with Crippen LogP contribution in [0, 0.1) is 5.41 Å². The van der Waals surface area contributed by atoms with Gasteiger partial charge < -0.3 is 21.1 Å². The highest BCUT2D eigenvalue weighted by Crippen LogP contribution is 2.31. The quantitative estimate of drug-likeness (QED) is 0.625. The van der Waals surface area contributed by atoms with Gasteiger partial charge in [0.1, 0.15) is 0 Å². The summed E-state index contributed by atoms with van der Waals surface area (Å²) < 4.78 is 5.22. The number of carbonyl (C=O) groups is 2. The van der Waals surface area contributed by atoms with E-state index in [4.69, 9.17) is 16.2 Å². The minimum atomic E-state index is -0.581. The predicted molar refractivity (Wildman–Crippen MR) is 58.4 cm³/mol. The van der Waals surface area contributed by atoms with Crippen molar-refractivity contribution in [2.24, 2.45) is 16.9 Å². The zero-order valence-corrected chi connectivity index (χ0v) is 9.57. The van der Waals surface area contributed by atoms with Gasteiger partial charge >= 0.3 is 0 Å². The maximum absolute atomic E-state index is 12.2. The minimum Gasteiger partial charge on any atom is -0.381 e. The summed E-state index contributed by atoms with van der Waals surface area (Å²) in [5.74, 6) is -0.632. The van der Waals surface area contributed by atoms with E-state index in [1.54, 1.807) is 7.05 Å². The van der Waals surface area contributed by atoms with E-state index < -0.39 is 11.3 Å². The molecule has 0 aromatic heterocycles. The van der Waals surface area contributed by atoms with Gasteiger partial charge in [0.05, 0.1) is 12.0 Å². The van der Waals surface area contributed by atoms with Gasteiger partial charge in [-0.25, -0.2) is 0 Å².